The van der Waals surface area contributed by atoms with Crippen molar-refractivity contribution in [2.24, 2.45) is 5.92 Å². The molecule has 0 radical (unpaired) electrons. The summed E-state index contributed by atoms with van der Waals surface area (Å²) < 4.78 is 7.27. The lowest BCUT2D eigenvalue weighted by molar-refractivity contribution is 0.178. The topological polar surface area (TPSA) is 21.3 Å². The van der Waals surface area contributed by atoms with E-state index in [1.807, 2.05) is 0 Å². The molecule has 0 bridgehead atoms. The van der Waals surface area contributed by atoms with Crippen molar-refractivity contribution in [3.63, 3.8) is 0 Å². The fourth-order valence-corrected chi connectivity index (χ4v) is 3.35. The van der Waals surface area contributed by atoms with E-state index in [9.17, 15) is 0 Å². The van der Waals surface area contributed by atoms with Crippen LogP contribution in [0.3, 0.4) is 0 Å². The molecule has 2 aliphatic rings. The highest BCUT2D eigenvalue weighted by Crippen LogP contribution is 2.36. The first-order valence-electron chi connectivity index (χ1n) is 7.46. The van der Waals surface area contributed by atoms with Gasteiger partial charge in [-0.1, -0.05) is 22.4 Å². The molecule has 104 valence electrons. The second kappa shape index (κ2) is 6.27. The molecular weight excluding hydrogens is 302 g/mol. The lowest BCUT2D eigenvalue weighted by Gasteiger charge is -2.28. The Kier molecular flexibility index (Phi) is 4.44. The van der Waals surface area contributed by atoms with Crippen LogP contribution in [0, 0.1) is 5.92 Å². The minimum atomic E-state index is 0.648. The highest BCUT2D eigenvalue weighted by atomic mass is 79.9. The van der Waals surface area contributed by atoms with Crippen LogP contribution in [0.4, 0.5) is 0 Å². The highest BCUT2D eigenvalue weighted by molar-refractivity contribution is 9.10. The summed E-state index contributed by atoms with van der Waals surface area (Å²) in [6.45, 7) is 3.15. The van der Waals surface area contributed by atoms with E-state index in [1.54, 1.807) is 0 Å². The zero-order chi connectivity index (χ0) is 13.1. The summed E-state index contributed by atoms with van der Waals surface area (Å²) in [6.07, 6.45) is 6.51. The zero-order valence-electron chi connectivity index (χ0n) is 11.3. The third kappa shape index (κ3) is 3.32. The molecule has 2 fully saturated rings. The molecule has 1 aromatic rings. The molecule has 2 nitrogen and oxygen atoms in total. The van der Waals surface area contributed by atoms with Crippen LogP contribution >= 0.6 is 15.9 Å². The smallest absolute Gasteiger partial charge is 0.122 e. The van der Waals surface area contributed by atoms with Crippen molar-refractivity contribution in [3.8, 4) is 5.75 Å². The Labute approximate surface area is 124 Å². The first-order chi connectivity index (χ1) is 9.33. The van der Waals surface area contributed by atoms with Gasteiger partial charge in [-0.05, 0) is 74.4 Å². The predicted molar refractivity (Wildman–Crippen MR) is 81.8 cm³/mol. The quantitative estimate of drug-likeness (QED) is 0.900. The fourth-order valence-electron chi connectivity index (χ4n) is 2.97. The van der Waals surface area contributed by atoms with E-state index in [0.29, 0.717) is 5.92 Å². The summed E-state index contributed by atoms with van der Waals surface area (Å²) in [5.41, 5.74) is 1.40. The molecule has 1 aliphatic carbocycles. The van der Waals surface area contributed by atoms with Crippen LogP contribution in [-0.4, -0.2) is 19.7 Å². The summed E-state index contributed by atoms with van der Waals surface area (Å²) in [4.78, 5) is 0. The summed E-state index contributed by atoms with van der Waals surface area (Å²) >= 11 is 3.60. The van der Waals surface area contributed by atoms with Crippen LogP contribution in [-0.2, 0) is 0 Å². The van der Waals surface area contributed by atoms with E-state index in [-0.39, 0.29) is 0 Å². The second-order valence-corrected chi connectivity index (χ2v) is 6.73. The second-order valence-electron chi connectivity index (χ2n) is 5.81. The minimum Gasteiger partial charge on any atom is -0.493 e. The Morgan fingerprint density at radius 2 is 1.95 bits per heavy atom. The monoisotopic (exact) mass is 323 g/mol. The Morgan fingerprint density at radius 3 is 2.63 bits per heavy atom. The van der Waals surface area contributed by atoms with Gasteiger partial charge in [0.2, 0.25) is 0 Å². The first-order valence-corrected chi connectivity index (χ1v) is 8.25. The van der Waals surface area contributed by atoms with Crippen molar-refractivity contribution in [3.05, 3.63) is 28.2 Å². The lowest BCUT2D eigenvalue weighted by Crippen LogP contribution is -2.27. The van der Waals surface area contributed by atoms with Crippen LogP contribution < -0.4 is 10.1 Å². The fraction of sp³-hybridized carbons (Fsp3) is 0.625. The molecule has 1 saturated carbocycles. The summed E-state index contributed by atoms with van der Waals surface area (Å²) in [5.74, 6) is 2.56. The molecule has 0 amide bonds. The highest BCUT2D eigenvalue weighted by Gasteiger charge is 2.22. The Balaban J connectivity index is 1.73. The summed E-state index contributed by atoms with van der Waals surface area (Å²) in [6, 6.07) is 6.49. The summed E-state index contributed by atoms with van der Waals surface area (Å²) in [5, 5.41) is 3.43. The van der Waals surface area contributed by atoms with Crippen LogP contribution in [0.2, 0.25) is 0 Å². The van der Waals surface area contributed by atoms with E-state index in [1.165, 1.54) is 37.7 Å². The van der Waals surface area contributed by atoms with Crippen LogP contribution in [0.15, 0.2) is 22.7 Å². The number of benzene rings is 1. The van der Waals surface area contributed by atoms with Crippen molar-refractivity contribution in [1.82, 2.24) is 5.32 Å². The SMILES string of the molecule is Brc1ccc(OCC2CCC2)c(C2CCNCC2)c1. The number of hydrogen-bond acceptors (Lipinski definition) is 2. The number of rotatable bonds is 4. The zero-order valence-corrected chi connectivity index (χ0v) is 12.9. The van der Waals surface area contributed by atoms with Crippen LogP contribution in [0.1, 0.15) is 43.6 Å². The number of hydrogen-bond donors (Lipinski definition) is 1. The van der Waals surface area contributed by atoms with E-state index in [0.717, 1.165) is 35.8 Å². The molecule has 3 rings (SSSR count). The van der Waals surface area contributed by atoms with Gasteiger partial charge in [-0.25, -0.2) is 0 Å². The van der Waals surface area contributed by atoms with Crippen molar-refractivity contribution in [2.75, 3.05) is 19.7 Å². The van der Waals surface area contributed by atoms with E-state index in [2.05, 4.69) is 39.4 Å². The molecule has 1 N–H and O–H groups in total. The van der Waals surface area contributed by atoms with Crippen molar-refractivity contribution in [2.45, 2.75) is 38.0 Å². The third-order valence-corrected chi connectivity index (χ3v) is 4.94. The van der Waals surface area contributed by atoms with Crippen molar-refractivity contribution in [1.29, 1.82) is 0 Å². The van der Waals surface area contributed by atoms with Gasteiger partial charge in [0.25, 0.3) is 0 Å². The predicted octanol–water partition coefficient (Wildman–Crippen LogP) is 4.10. The normalized spacial score (nSPS) is 21.1. The average Bonchev–Trinajstić information content (AvgIpc) is 2.39. The molecule has 3 heteroatoms. The molecule has 19 heavy (non-hydrogen) atoms. The van der Waals surface area contributed by atoms with Gasteiger partial charge < -0.3 is 10.1 Å². The molecule has 1 aromatic carbocycles. The molecule has 1 saturated heterocycles. The van der Waals surface area contributed by atoms with Gasteiger partial charge in [-0.3, -0.25) is 0 Å². The standard InChI is InChI=1S/C16H22BrNO/c17-14-4-5-16(19-11-12-2-1-3-12)15(10-14)13-6-8-18-9-7-13/h4-5,10,12-13,18H,1-3,6-9,11H2. The average molecular weight is 324 g/mol. The minimum absolute atomic E-state index is 0.648. The molecule has 0 aromatic heterocycles. The van der Waals surface area contributed by atoms with Gasteiger partial charge in [0, 0.05) is 4.47 Å². The van der Waals surface area contributed by atoms with Gasteiger partial charge >= 0.3 is 0 Å². The van der Waals surface area contributed by atoms with Crippen molar-refractivity contribution >= 4 is 15.9 Å². The van der Waals surface area contributed by atoms with Gasteiger partial charge in [0.15, 0.2) is 0 Å². The van der Waals surface area contributed by atoms with E-state index in [4.69, 9.17) is 4.74 Å². The lowest BCUT2D eigenvalue weighted by atomic mass is 9.86. The van der Waals surface area contributed by atoms with Crippen molar-refractivity contribution < 1.29 is 4.74 Å². The number of halogens is 1. The number of nitrogens with one attached hydrogen (secondary N) is 1. The molecular formula is C16H22BrNO. The number of ether oxygens (including phenoxy) is 1. The maximum atomic E-state index is 6.11. The Hall–Kier alpha value is -0.540. The van der Waals surface area contributed by atoms with Gasteiger partial charge in [0.1, 0.15) is 5.75 Å². The maximum absolute atomic E-state index is 6.11. The summed E-state index contributed by atoms with van der Waals surface area (Å²) in [7, 11) is 0. The van der Waals surface area contributed by atoms with Crippen LogP contribution in [0.25, 0.3) is 0 Å². The largest absolute Gasteiger partial charge is 0.493 e. The Morgan fingerprint density at radius 1 is 1.16 bits per heavy atom. The van der Waals surface area contributed by atoms with Gasteiger partial charge in [0.05, 0.1) is 6.61 Å². The van der Waals surface area contributed by atoms with E-state index >= 15 is 0 Å². The first kappa shape index (κ1) is 13.4. The maximum Gasteiger partial charge on any atom is 0.122 e. The number of piperidine rings is 1. The molecule has 0 atom stereocenters. The molecule has 0 unspecified atom stereocenters. The molecule has 1 aliphatic heterocycles. The molecule has 0 spiro atoms. The van der Waals surface area contributed by atoms with Gasteiger partial charge in [-0.2, -0.15) is 0 Å². The molecule has 1 heterocycles. The van der Waals surface area contributed by atoms with E-state index < -0.39 is 0 Å². The Bertz CT molecular complexity index is 425. The third-order valence-electron chi connectivity index (χ3n) is 4.45. The van der Waals surface area contributed by atoms with Gasteiger partial charge in [-0.15, -0.1) is 0 Å². The van der Waals surface area contributed by atoms with Crippen LogP contribution in [0.5, 0.6) is 5.75 Å².